The van der Waals surface area contributed by atoms with E-state index in [-0.39, 0.29) is 0 Å². The third kappa shape index (κ3) is 1.40. The maximum absolute atomic E-state index is 3.71. The third-order valence-electron chi connectivity index (χ3n) is 4.36. The maximum Gasteiger partial charge on any atom is 0.0571 e. The summed E-state index contributed by atoms with van der Waals surface area (Å²) in [7, 11) is 2.26. The van der Waals surface area contributed by atoms with E-state index in [9.17, 15) is 0 Å². The Kier molecular flexibility index (Phi) is 2.37. The summed E-state index contributed by atoms with van der Waals surface area (Å²) >= 11 is 0. The Labute approximate surface area is 81.7 Å². The van der Waals surface area contributed by atoms with Crippen molar-refractivity contribution in [3.8, 4) is 0 Å². The van der Waals surface area contributed by atoms with Crippen molar-refractivity contribution in [3.63, 3.8) is 0 Å². The quantitative estimate of drug-likeness (QED) is 0.613. The van der Waals surface area contributed by atoms with Crippen LogP contribution in [0.15, 0.2) is 0 Å². The van der Waals surface area contributed by atoms with Gasteiger partial charge in [0.2, 0.25) is 0 Å². The summed E-state index contributed by atoms with van der Waals surface area (Å²) < 4.78 is 0. The zero-order valence-corrected chi connectivity index (χ0v) is 9.25. The average molecular weight is 182 g/mol. The molecule has 2 fully saturated rings. The molecule has 0 amide bonds. The predicted octanol–water partition coefficient (Wildman–Crippen LogP) is 1.67. The van der Waals surface area contributed by atoms with Gasteiger partial charge in [0.05, 0.1) is 6.17 Å². The number of hydrogen-bond acceptors (Lipinski definition) is 2. The highest BCUT2D eigenvalue weighted by Gasteiger charge is 2.43. The first kappa shape index (κ1) is 9.47. The van der Waals surface area contributed by atoms with E-state index in [1.165, 1.54) is 12.8 Å². The van der Waals surface area contributed by atoms with Crippen LogP contribution >= 0.6 is 0 Å². The van der Waals surface area contributed by atoms with Crippen LogP contribution in [-0.4, -0.2) is 30.2 Å². The molecule has 2 heteroatoms. The van der Waals surface area contributed by atoms with Crippen LogP contribution in [0.2, 0.25) is 0 Å². The fraction of sp³-hybridized carbons (Fsp3) is 1.00. The Balaban J connectivity index is 2.12. The molecule has 0 radical (unpaired) electrons. The molecule has 76 valence electrons. The van der Waals surface area contributed by atoms with Crippen LogP contribution in [0.4, 0.5) is 0 Å². The second-order valence-electron chi connectivity index (χ2n) is 5.01. The van der Waals surface area contributed by atoms with E-state index in [1.54, 1.807) is 0 Å². The van der Waals surface area contributed by atoms with Crippen molar-refractivity contribution >= 4 is 0 Å². The molecule has 1 N–H and O–H groups in total. The van der Waals surface area contributed by atoms with E-state index < -0.39 is 0 Å². The molecule has 2 aliphatic rings. The minimum Gasteiger partial charge on any atom is -0.297 e. The Morgan fingerprint density at radius 2 is 1.85 bits per heavy atom. The van der Waals surface area contributed by atoms with Gasteiger partial charge >= 0.3 is 0 Å². The second-order valence-corrected chi connectivity index (χ2v) is 5.01. The van der Waals surface area contributed by atoms with Gasteiger partial charge in [0.15, 0.2) is 0 Å². The zero-order valence-electron chi connectivity index (χ0n) is 9.25. The Hall–Kier alpha value is -0.0800. The maximum atomic E-state index is 3.71. The van der Waals surface area contributed by atoms with Crippen molar-refractivity contribution in [1.29, 1.82) is 0 Å². The number of nitrogens with zero attached hydrogens (tertiary/aromatic N) is 1. The molecular formula is C11H22N2. The van der Waals surface area contributed by atoms with Gasteiger partial charge < -0.3 is 0 Å². The molecule has 0 bridgehead atoms. The first-order valence-corrected chi connectivity index (χ1v) is 5.59. The molecule has 1 aliphatic carbocycles. The van der Waals surface area contributed by atoms with Gasteiger partial charge in [0.1, 0.15) is 0 Å². The molecule has 0 aromatic rings. The summed E-state index contributed by atoms with van der Waals surface area (Å²) in [4.78, 5) is 2.51. The number of fused-ring (bicyclic) bond motifs is 1. The van der Waals surface area contributed by atoms with Gasteiger partial charge in [-0.3, -0.25) is 10.2 Å². The van der Waals surface area contributed by atoms with Crippen LogP contribution < -0.4 is 5.32 Å². The first-order chi connectivity index (χ1) is 6.11. The topological polar surface area (TPSA) is 15.3 Å². The molecule has 2 rings (SSSR count). The van der Waals surface area contributed by atoms with Crippen LogP contribution in [0.5, 0.6) is 0 Å². The minimum absolute atomic E-state index is 0.572. The van der Waals surface area contributed by atoms with E-state index >= 15 is 0 Å². The van der Waals surface area contributed by atoms with Crippen molar-refractivity contribution in [2.24, 2.45) is 11.8 Å². The molecule has 0 spiro atoms. The summed E-state index contributed by atoms with van der Waals surface area (Å²) in [5.74, 6) is 1.73. The minimum atomic E-state index is 0.572. The average Bonchev–Trinajstić information content (AvgIpc) is 2.38. The van der Waals surface area contributed by atoms with E-state index in [2.05, 4.69) is 38.0 Å². The molecule has 2 nitrogen and oxygen atoms in total. The molecule has 5 atom stereocenters. The van der Waals surface area contributed by atoms with E-state index in [0.717, 1.165) is 23.9 Å². The van der Waals surface area contributed by atoms with Gasteiger partial charge in [0.25, 0.3) is 0 Å². The van der Waals surface area contributed by atoms with Gasteiger partial charge in [-0.1, -0.05) is 13.8 Å². The molecular weight excluding hydrogens is 160 g/mol. The number of hydrogen-bond donors (Lipinski definition) is 1. The van der Waals surface area contributed by atoms with Gasteiger partial charge in [-0.25, -0.2) is 0 Å². The van der Waals surface area contributed by atoms with E-state index in [1.807, 2.05) is 0 Å². The van der Waals surface area contributed by atoms with Crippen molar-refractivity contribution in [2.45, 2.75) is 51.9 Å². The lowest BCUT2D eigenvalue weighted by Crippen LogP contribution is -2.45. The van der Waals surface area contributed by atoms with Crippen LogP contribution in [0.1, 0.15) is 33.6 Å². The summed E-state index contributed by atoms with van der Waals surface area (Å²) in [5.41, 5.74) is 0. The normalized spacial score (nSPS) is 52.2. The summed E-state index contributed by atoms with van der Waals surface area (Å²) in [5, 5.41) is 3.71. The lowest BCUT2D eigenvalue weighted by atomic mass is 9.76. The van der Waals surface area contributed by atoms with Gasteiger partial charge in [0, 0.05) is 12.1 Å². The van der Waals surface area contributed by atoms with Crippen LogP contribution in [0.25, 0.3) is 0 Å². The Morgan fingerprint density at radius 3 is 2.54 bits per heavy atom. The van der Waals surface area contributed by atoms with E-state index in [0.29, 0.717) is 6.17 Å². The fourth-order valence-corrected chi connectivity index (χ4v) is 2.98. The van der Waals surface area contributed by atoms with Gasteiger partial charge in [-0.2, -0.15) is 0 Å². The second kappa shape index (κ2) is 3.25. The van der Waals surface area contributed by atoms with Crippen LogP contribution in [0.3, 0.4) is 0 Å². The highest BCUT2D eigenvalue weighted by Crippen LogP contribution is 2.35. The molecule has 13 heavy (non-hydrogen) atoms. The van der Waals surface area contributed by atoms with Crippen LogP contribution in [0, 0.1) is 11.8 Å². The lowest BCUT2D eigenvalue weighted by Gasteiger charge is -2.37. The number of likely N-dealkylation sites (N-methyl/N-ethyl adjacent to an activating group) is 1. The summed E-state index contributed by atoms with van der Waals surface area (Å²) in [6, 6.07) is 1.53. The van der Waals surface area contributed by atoms with Crippen LogP contribution in [-0.2, 0) is 0 Å². The number of nitrogens with one attached hydrogen (secondary N) is 1. The molecule has 0 aromatic heterocycles. The van der Waals surface area contributed by atoms with E-state index in [4.69, 9.17) is 0 Å². The summed E-state index contributed by atoms with van der Waals surface area (Å²) in [6.45, 7) is 7.07. The lowest BCUT2D eigenvalue weighted by molar-refractivity contribution is 0.152. The largest absolute Gasteiger partial charge is 0.297 e. The van der Waals surface area contributed by atoms with Crippen molar-refractivity contribution in [1.82, 2.24) is 10.2 Å². The summed E-state index contributed by atoms with van der Waals surface area (Å²) in [6.07, 6.45) is 3.35. The molecule has 1 saturated heterocycles. The van der Waals surface area contributed by atoms with Gasteiger partial charge in [-0.05, 0) is 38.6 Å². The standard InChI is InChI=1S/C11H22N2/c1-7-5-6-10-11(8(7)2)12-9(3)13(10)4/h7-12H,5-6H2,1-4H3. The molecule has 0 aromatic carbocycles. The monoisotopic (exact) mass is 182 g/mol. The number of rotatable bonds is 0. The van der Waals surface area contributed by atoms with Gasteiger partial charge in [-0.15, -0.1) is 0 Å². The highest BCUT2D eigenvalue weighted by molar-refractivity contribution is 4.99. The predicted molar refractivity (Wildman–Crippen MR) is 55.5 cm³/mol. The first-order valence-electron chi connectivity index (χ1n) is 5.59. The highest BCUT2D eigenvalue weighted by atomic mass is 15.4. The molecule has 1 aliphatic heterocycles. The molecule has 5 unspecified atom stereocenters. The Morgan fingerprint density at radius 1 is 1.15 bits per heavy atom. The zero-order chi connectivity index (χ0) is 9.59. The Bertz CT molecular complexity index is 193. The molecule has 1 saturated carbocycles. The van der Waals surface area contributed by atoms with Crippen molar-refractivity contribution < 1.29 is 0 Å². The van der Waals surface area contributed by atoms with Crippen molar-refractivity contribution in [3.05, 3.63) is 0 Å². The molecule has 1 heterocycles. The fourth-order valence-electron chi connectivity index (χ4n) is 2.98. The van der Waals surface area contributed by atoms with Crippen molar-refractivity contribution in [2.75, 3.05) is 7.05 Å². The SMILES string of the molecule is CC1CCC2C(NC(C)N2C)C1C. The smallest absolute Gasteiger partial charge is 0.0571 e. The third-order valence-corrected chi connectivity index (χ3v) is 4.36.